The molecule has 0 radical (unpaired) electrons. The molecule has 2 heteroatoms. The molecule has 2 fully saturated rings. The number of methoxy groups -OCH3 is 1. The van der Waals surface area contributed by atoms with Gasteiger partial charge in [0.05, 0.1) is 6.10 Å². The lowest BCUT2D eigenvalue weighted by atomic mass is 9.56. The molecule has 15 heavy (non-hydrogen) atoms. The number of ether oxygens (including phenoxy) is 1. The van der Waals surface area contributed by atoms with Crippen molar-refractivity contribution in [3.63, 3.8) is 0 Å². The van der Waals surface area contributed by atoms with Crippen LogP contribution in [0.5, 0.6) is 0 Å². The van der Waals surface area contributed by atoms with Crippen molar-refractivity contribution < 1.29 is 9.84 Å². The summed E-state index contributed by atoms with van der Waals surface area (Å²) in [5.74, 6) is 0.744. The predicted octanol–water partition coefficient (Wildman–Crippen LogP) is 2.27. The van der Waals surface area contributed by atoms with E-state index in [1.807, 2.05) is 0 Å². The van der Waals surface area contributed by atoms with Crippen LogP contribution in [0.1, 0.15) is 39.0 Å². The maximum Gasteiger partial charge on any atom is 0.112 e. The minimum Gasteiger partial charge on any atom is -0.390 e. The van der Waals surface area contributed by atoms with E-state index in [1.54, 1.807) is 12.7 Å². The molecule has 2 nitrogen and oxygen atoms in total. The fourth-order valence-electron chi connectivity index (χ4n) is 4.13. The third kappa shape index (κ3) is 1.02. The molecule has 2 bridgehead atoms. The Balaban J connectivity index is 2.09. The minimum absolute atomic E-state index is 0.291. The van der Waals surface area contributed by atoms with Gasteiger partial charge in [0.1, 0.15) is 5.60 Å². The highest BCUT2D eigenvalue weighted by Gasteiger charge is 2.58. The fourth-order valence-corrected chi connectivity index (χ4v) is 4.13. The van der Waals surface area contributed by atoms with Crippen LogP contribution in [0.2, 0.25) is 0 Å². The smallest absolute Gasteiger partial charge is 0.112 e. The molecule has 4 aliphatic rings. The van der Waals surface area contributed by atoms with E-state index in [-0.39, 0.29) is 11.7 Å². The molecule has 0 saturated heterocycles. The first-order chi connectivity index (χ1) is 7.13. The highest BCUT2D eigenvalue weighted by atomic mass is 16.5. The maximum absolute atomic E-state index is 10.2. The highest BCUT2D eigenvalue weighted by molar-refractivity contribution is 5.34. The number of hydrogen-bond acceptors (Lipinski definition) is 2. The van der Waals surface area contributed by atoms with Crippen molar-refractivity contribution in [3.8, 4) is 0 Å². The van der Waals surface area contributed by atoms with Gasteiger partial charge in [0.15, 0.2) is 0 Å². The van der Waals surface area contributed by atoms with E-state index < -0.39 is 0 Å². The Labute approximate surface area is 91.3 Å². The van der Waals surface area contributed by atoms with Crippen molar-refractivity contribution in [2.24, 2.45) is 11.3 Å². The molecule has 4 aliphatic carbocycles. The van der Waals surface area contributed by atoms with Gasteiger partial charge in [-0.15, -0.1) is 0 Å². The second-order valence-electron chi connectivity index (χ2n) is 5.64. The van der Waals surface area contributed by atoms with Crippen molar-refractivity contribution in [1.29, 1.82) is 0 Å². The number of fused-ring (bicyclic) bond motifs is 2. The van der Waals surface area contributed by atoms with Crippen LogP contribution in [0.4, 0.5) is 0 Å². The van der Waals surface area contributed by atoms with Crippen LogP contribution < -0.4 is 0 Å². The number of aliphatic hydroxyl groups excluding tert-OH is 1. The number of aliphatic hydroxyl groups is 1. The van der Waals surface area contributed by atoms with Crippen molar-refractivity contribution in [2.75, 3.05) is 7.11 Å². The Morgan fingerprint density at radius 2 is 2.27 bits per heavy atom. The summed E-state index contributed by atoms with van der Waals surface area (Å²) in [6, 6.07) is 0. The quantitative estimate of drug-likeness (QED) is 0.670. The molecule has 0 heterocycles. The molecule has 1 unspecified atom stereocenters. The van der Waals surface area contributed by atoms with Crippen LogP contribution in [0.15, 0.2) is 11.6 Å². The van der Waals surface area contributed by atoms with Crippen molar-refractivity contribution in [2.45, 2.75) is 50.7 Å². The topological polar surface area (TPSA) is 29.5 Å². The van der Waals surface area contributed by atoms with E-state index in [2.05, 4.69) is 13.0 Å². The molecule has 0 aromatic heterocycles. The van der Waals surface area contributed by atoms with E-state index >= 15 is 0 Å². The molecule has 2 saturated carbocycles. The second kappa shape index (κ2) is 2.86. The molecule has 84 valence electrons. The van der Waals surface area contributed by atoms with Gasteiger partial charge in [-0.3, -0.25) is 0 Å². The summed E-state index contributed by atoms with van der Waals surface area (Å²) in [4.78, 5) is 0. The standard InChI is InChI=1S/C13H20O2/c1-9-3-4-10-7-13(15-2)6-5-12(9,10)8-11(13)14/h7,9,11,14H,3-6,8H2,1-2H3/t9?,11-,12+,13-/m0/s1. The third-order valence-corrected chi connectivity index (χ3v) is 5.31. The van der Waals surface area contributed by atoms with Gasteiger partial charge in [-0.05, 0) is 43.4 Å². The van der Waals surface area contributed by atoms with Gasteiger partial charge >= 0.3 is 0 Å². The number of hydrogen-bond donors (Lipinski definition) is 1. The zero-order valence-corrected chi connectivity index (χ0v) is 9.62. The molecule has 1 N–H and O–H groups in total. The molecule has 4 rings (SSSR count). The number of allylic oxidation sites excluding steroid dienone is 1. The second-order valence-corrected chi connectivity index (χ2v) is 5.64. The monoisotopic (exact) mass is 208 g/mol. The van der Waals surface area contributed by atoms with E-state index in [0.717, 1.165) is 18.8 Å². The largest absolute Gasteiger partial charge is 0.390 e. The van der Waals surface area contributed by atoms with Gasteiger partial charge in [0.25, 0.3) is 0 Å². The Bertz CT molecular complexity index is 322. The van der Waals surface area contributed by atoms with E-state index in [1.165, 1.54) is 19.3 Å². The molecule has 4 atom stereocenters. The summed E-state index contributed by atoms with van der Waals surface area (Å²) in [5.41, 5.74) is 1.56. The van der Waals surface area contributed by atoms with Gasteiger partial charge in [-0.25, -0.2) is 0 Å². The summed E-state index contributed by atoms with van der Waals surface area (Å²) in [5, 5.41) is 10.2. The summed E-state index contributed by atoms with van der Waals surface area (Å²) in [6.45, 7) is 2.35. The Hall–Kier alpha value is -0.340. The maximum atomic E-state index is 10.2. The molecule has 0 aromatic carbocycles. The molecule has 0 amide bonds. The van der Waals surface area contributed by atoms with Gasteiger partial charge in [0, 0.05) is 7.11 Å². The van der Waals surface area contributed by atoms with Gasteiger partial charge < -0.3 is 9.84 Å². The Morgan fingerprint density at radius 1 is 1.47 bits per heavy atom. The Kier molecular flexibility index (Phi) is 1.88. The van der Waals surface area contributed by atoms with Gasteiger partial charge in [-0.2, -0.15) is 0 Å². The molecular weight excluding hydrogens is 188 g/mol. The number of rotatable bonds is 1. The summed E-state index contributed by atoms with van der Waals surface area (Å²) in [7, 11) is 1.73. The van der Waals surface area contributed by atoms with Crippen LogP contribution in [0.25, 0.3) is 0 Å². The average molecular weight is 208 g/mol. The van der Waals surface area contributed by atoms with Crippen LogP contribution in [0, 0.1) is 11.3 Å². The van der Waals surface area contributed by atoms with E-state index in [0.29, 0.717) is 5.41 Å². The first kappa shape index (κ1) is 9.86. The minimum atomic E-state index is -0.346. The Morgan fingerprint density at radius 3 is 2.93 bits per heavy atom. The SMILES string of the molecule is CO[C@]12C=C3CCC(C)[C@@]3(CC1)C[C@@H]2O. The first-order valence-corrected chi connectivity index (χ1v) is 6.08. The lowest BCUT2D eigenvalue weighted by Gasteiger charge is -2.54. The van der Waals surface area contributed by atoms with Crippen LogP contribution in [0.3, 0.4) is 0 Å². The van der Waals surface area contributed by atoms with Crippen LogP contribution in [-0.2, 0) is 4.74 Å². The highest BCUT2D eigenvalue weighted by Crippen LogP contribution is 2.62. The first-order valence-electron chi connectivity index (χ1n) is 6.08. The van der Waals surface area contributed by atoms with Crippen molar-refractivity contribution in [3.05, 3.63) is 11.6 Å². The lowest BCUT2D eigenvalue weighted by molar-refractivity contribution is -0.133. The molecule has 0 aromatic rings. The van der Waals surface area contributed by atoms with E-state index in [9.17, 15) is 5.11 Å². The average Bonchev–Trinajstić information content (AvgIpc) is 2.56. The van der Waals surface area contributed by atoms with Crippen LogP contribution in [-0.4, -0.2) is 23.9 Å². The summed E-state index contributed by atoms with van der Waals surface area (Å²) >= 11 is 0. The van der Waals surface area contributed by atoms with Crippen molar-refractivity contribution >= 4 is 0 Å². The lowest BCUT2D eigenvalue weighted by Crippen LogP contribution is -2.55. The zero-order chi connectivity index (χ0) is 10.7. The van der Waals surface area contributed by atoms with Crippen molar-refractivity contribution in [1.82, 2.24) is 0 Å². The zero-order valence-electron chi connectivity index (χ0n) is 9.62. The predicted molar refractivity (Wildman–Crippen MR) is 58.5 cm³/mol. The van der Waals surface area contributed by atoms with Gasteiger partial charge in [0.2, 0.25) is 0 Å². The molecule has 1 spiro atoms. The van der Waals surface area contributed by atoms with Gasteiger partial charge in [-0.1, -0.05) is 18.6 Å². The fraction of sp³-hybridized carbons (Fsp3) is 0.846. The normalized spacial score (nSPS) is 52.9. The van der Waals surface area contributed by atoms with E-state index in [4.69, 9.17) is 4.74 Å². The van der Waals surface area contributed by atoms with Crippen LogP contribution >= 0.6 is 0 Å². The molecular formula is C13H20O2. The summed E-state index contributed by atoms with van der Waals surface area (Å²) in [6.07, 6.45) is 7.61. The molecule has 0 aliphatic heterocycles. The summed E-state index contributed by atoms with van der Waals surface area (Å²) < 4.78 is 5.59. The third-order valence-electron chi connectivity index (χ3n) is 5.31.